The molecule has 2 aliphatic carbocycles. The van der Waals surface area contributed by atoms with Gasteiger partial charge in [0.15, 0.2) is 0 Å². The van der Waals surface area contributed by atoms with Gasteiger partial charge in [-0.3, -0.25) is 9.59 Å². The number of hydrogen-bond acceptors (Lipinski definition) is 3. The topological polar surface area (TPSA) is 94.9 Å². The molecule has 6 heteroatoms. The van der Waals surface area contributed by atoms with Crippen LogP contribution in [-0.4, -0.2) is 45.0 Å². The predicted molar refractivity (Wildman–Crippen MR) is 65.4 cm³/mol. The smallest absolute Gasteiger partial charge is 0.326 e. The van der Waals surface area contributed by atoms with Crippen molar-refractivity contribution < 1.29 is 24.6 Å². The predicted octanol–water partition coefficient (Wildman–Crippen LogP) is 0.807. The Morgan fingerprint density at radius 1 is 1.16 bits per heavy atom. The summed E-state index contributed by atoms with van der Waals surface area (Å²) in [5.74, 6) is -3.67. The van der Waals surface area contributed by atoms with E-state index in [9.17, 15) is 14.4 Å². The van der Waals surface area contributed by atoms with Crippen molar-refractivity contribution in [1.82, 2.24) is 4.90 Å². The number of hydrogen-bond donors (Lipinski definition) is 2. The van der Waals surface area contributed by atoms with Gasteiger partial charge in [0.25, 0.3) is 0 Å². The van der Waals surface area contributed by atoms with Crippen LogP contribution in [0.15, 0.2) is 0 Å². The third-order valence-electron chi connectivity index (χ3n) is 4.33. The molecule has 0 radical (unpaired) electrons. The summed E-state index contributed by atoms with van der Waals surface area (Å²) in [7, 11) is 0. The van der Waals surface area contributed by atoms with Crippen LogP contribution in [0.25, 0.3) is 0 Å². The van der Waals surface area contributed by atoms with Gasteiger partial charge in [0, 0.05) is 6.04 Å². The molecule has 0 saturated heterocycles. The molecule has 0 aromatic rings. The monoisotopic (exact) mass is 269 g/mol. The van der Waals surface area contributed by atoms with E-state index in [2.05, 4.69) is 0 Å². The molecular weight excluding hydrogens is 250 g/mol. The molecule has 2 rings (SSSR count). The molecule has 6 nitrogen and oxygen atoms in total. The molecule has 0 aromatic heterocycles. The van der Waals surface area contributed by atoms with E-state index in [0.717, 1.165) is 12.8 Å². The van der Waals surface area contributed by atoms with E-state index in [1.807, 2.05) is 0 Å². The van der Waals surface area contributed by atoms with Crippen molar-refractivity contribution in [3.05, 3.63) is 0 Å². The molecule has 3 atom stereocenters. The second-order valence-electron chi connectivity index (χ2n) is 6.11. The molecule has 1 amide bonds. The largest absolute Gasteiger partial charge is 0.481 e. The quantitative estimate of drug-likeness (QED) is 0.770. The Morgan fingerprint density at radius 3 is 2.00 bits per heavy atom. The Balaban J connectivity index is 2.18. The van der Waals surface area contributed by atoms with Gasteiger partial charge < -0.3 is 15.1 Å². The zero-order chi connectivity index (χ0) is 14.5. The molecule has 2 N–H and O–H groups in total. The number of carboxylic acid groups (broad SMARTS) is 2. The van der Waals surface area contributed by atoms with Crippen molar-refractivity contribution in [2.24, 2.45) is 17.3 Å². The summed E-state index contributed by atoms with van der Waals surface area (Å²) >= 11 is 0. The number of carboxylic acids is 2. The SMILES string of the molecule is CC(C(=O)O)N(C(=O)[C@@H]1[C@H](C(=O)O)C1(C)C)C1CC1. The van der Waals surface area contributed by atoms with Gasteiger partial charge in [-0.05, 0) is 25.2 Å². The highest BCUT2D eigenvalue weighted by molar-refractivity contribution is 5.94. The first kappa shape index (κ1) is 13.8. The maximum absolute atomic E-state index is 12.5. The van der Waals surface area contributed by atoms with Crippen molar-refractivity contribution in [3.8, 4) is 0 Å². The van der Waals surface area contributed by atoms with Crippen molar-refractivity contribution in [3.63, 3.8) is 0 Å². The van der Waals surface area contributed by atoms with Crippen LogP contribution in [-0.2, 0) is 14.4 Å². The van der Waals surface area contributed by atoms with Crippen LogP contribution in [0.1, 0.15) is 33.6 Å². The maximum Gasteiger partial charge on any atom is 0.326 e. The minimum Gasteiger partial charge on any atom is -0.481 e. The molecule has 2 aliphatic rings. The average molecular weight is 269 g/mol. The minimum absolute atomic E-state index is 0.0376. The maximum atomic E-state index is 12.5. The summed E-state index contributed by atoms with van der Waals surface area (Å²) in [5, 5.41) is 18.2. The Kier molecular flexibility index (Phi) is 3.07. The van der Waals surface area contributed by atoms with Crippen LogP contribution in [0, 0.1) is 17.3 Å². The normalized spacial score (nSPS) is 29.4. The summed E-state index contributed by atoms with van der Waals surface area (Å²) in [5.41, 5.74) is -0.589. The summed E-state index contributed by atoms with van der Waals surface area (Å²) < 4.78 is 0. The molecule has 0 heterocycles. The highest BCUT2D eigenvalue weighted by atomic mass is 16.4. The Hall–Kier alpha value is -1.59. The van der Waals surface area contributed by atoms with E-state index in [4.69, 9.17) is 10.2 Å². The van der Waals surface area contributed by atoms with Gasteiger partial charge in [-0.1, -0.05) is 13.8 Å². The van der Waals surface area contributed by atoms with E-state index in [1.165, 1.54) is 11.8 Å². The first-order chi connectivity index (χ1) is 8.69. The first-order valence-corrected chi connectivity index (χ1v) is 6.47. The summed E-state index contributed by atoms with van der Waals surface area (Å²) in [6.45, 7) is 4.96. The van der Waals surface area contributed by atoms with E-state index >= 15 is 0 Å². The van der Waals surface area contributed by atoms with Crippen molar-refractivity contribution in [2.75, 3.05) is 0 Å². The van der Waals surface area contributed by atoms with Crippen molar-refractivity contribution >= 4 is 17.8 Å². The lowest BCUT2D eigenvalue weighted by Gasteiger charge is -2.27. The van der Waals surface area contributed by atoms with Crippen LogP contribution in [0.3, 0.4) is 0 Å². The third-order valence-corrected chi connectivity index (χ3v) is 4.33. The van der Waals surface area contributed by atoms with Crippen LogP contribution in [0.4, 0.5) is 0 Å². The number of aliphatic carboxylic acids is 2. The zero-order valence-electron chi connectivity index (χ0n) is 11.3. The second-order valence-corrected chi connectivity index (χ2v) is 6.11. The van der Waals surface area contributed by atoms with Gasteiger partial charge in [-0.25, -0.2) is 4.79 Å². The van der Waals surface area contributed by atoms with Gasteiger partial charge >= 0.3 is 11.9 Å². The fraction of sp³-hybridized carbons (Fsp3) is 0.769. The molecule has 2 fully saturated rings. The molecule has 19 heavy (non-hydrogen) atoms. The lowest BCUT2D eigenvalue weighted by atomic mass is 10.1. The number of nitrogens with zero attached hydrogens (tertiary/aromatic N) is 1. The number of amides is 1. The minimum atomic E-state index is -1.05. The number of carbonyl (C=O) groups is 3. The van der Waals surface area contributed by atoms with Crippen LogP contribution >= 0.6 is 0 Å². The second kappa shape index (κ2) is 4.21. The van der Waals surface area contributed by atoms with Gasteiger partial charge in [-0.2, -0.15) is 0 Å². The van der Waals surface area contributed by atoms with Gasteiger partial charge in [0.05, 0.1) is 11.8 Å². The lowest BCUT2D eigenvalue weighted by Crippen LogP contribution is -2.46. The Bertz CT molecular complexity index is 440. The molecular formula is C13H19NO5. The third kappa shape index (κ3) is 2.19. The number of carbonyl (C=O) groups excluding carboxylic acids is 1. The summed E-state index contributed by atoms with van der Waals surface area (Å²) in [6.07, 6.45) is 1.60. The molecule has 0 spiro atoms. The first-order valence-electron chi connectivity index (χ1n) is 6.47. The highest BCUT2D eigenvalue weighted by Gasteiger charge is 2.67. The van der Waals surface area contributed by atoms with E-state index in [0.29, 0.717) is 0 Å². The standard InChI is InChI=1S/C13H19NO5/c1-6(11(16)17)14(7-4-5-7)10(15)8-9(12(18)19)13(8,2)3/h6-9H,4-5H2,1-3H3,(H,16,17)(H,18,19)/t6?,8-,9+/m0/s1. The van der Waals surface area contributed by atoms with Gasteiger partial charge in [-0.15, -0.1) is 0 Å². The van der Waals surface area contributed by atoms with Crippen LogP contribution in [0.5, 0.6) is 0 Å². The summed E-state index contributed by atoms with van der Waals surface area (Å²) in [6, 6.07) is -0.935. The van der Waals surface area contributed by atoms with E-state index in [1.54, 1.807) is 13.8 Å². The average Bonchev–Trinajstić information content (AvgIpc) is 3.14. The molecule has 0 aromatic carbocycles. The summed E-state index contributed by atoms with van der Waals surface area (Å²) in [4.78, 5) is 36.0. The molecule has 2 saturated carbocycles. The fourth-order valence-corrected chi connectivity index (χ4v) is 2.88. The number of rotatable bonds is 5. The lowest BCUT2D eigenvalue weighted by molar-refractivity contribution is -0.151. The zero-order valence-corrected chi connectivity index (χ0v) is 11.3. The van der Waals surface area contributed by atoms with E-state index < -0.39 is 35.2 Å². The van der Waals surface area contributed by atoms with Crippen LogP contribution in [0.2, 0.25) is 0 Å². The van der Waals surface area contributed by atoms with Gasteiger partial charge in [0.1, 0.15) is 6.04 Å². The molecule has 1 unspecified atom stereocenters. The fourth-order valence-electron chi connectivity index (χ4n) is 2.88. The van der Waals surface area contributed by atoms with Gasteiger partial charge in [0.2, 0.25) is 5.91 Å². The molecule has 0 aliphatic heterocycles. The van der Waals surface area contributed by atoms with Crippen molar-refractivity contribution in [1.29, 1.82) is 0 Å². The Labute approximate surface area is 111 Å². The van der Waals surface area contributed by atoms with Crippen molar-refractivity contribution in [2.45, 2.75) is 45.7 Å². The highest BCUT2D eigenvalue weighted by Crippen LogP contribution is 2.59. The molecule has 106 valence electrons. The van der Waals surface area contributed by atoms with Crippen LogP contribution < -0.4 is 0 Å². The van der Waals surface area contributed by atoms with E-state index in [-0.39, 0.29) is 11.9 Å². The Morgan fingerprint density at radius 2 is 1.68 bits per heavy atom. The molecule has 0 bridgehead atoms.